The number of likely N-dealkylation sites (tertiary alicyclic amines) is 2. The first-order valence-electron chi connectivity index (χ1n) is 25.1. The highest BCUT2D eigenvalue weighted by Crippen LogP contribution is 2.35. The van der Waals surface area contributed by atoms with Crippen LogP contribution in [0.25, 0.3) is 21.3 Å². The molecule has 0 saturated carbocycles. The maximum absolute atomic E-state index is 14.2. The Balaban J connectivity index is 0.757. The fraction of sp³-hybridized carbons (Fsp3) is 0.491. The van der Waals surface area contributed by atoms with Crippen molar-refractivity contribution in [3.05, 3.63) is 95.0 Å². The van der Waals surface area contributed by atoms with Crippen LogP contribution in [0, 0.1) is 12.3 Å². The minimum Gasteiger partial charge on any atom is -0.406 e. The number of piperidine rings is 1. The van der Waals surface area contributed by atoms with Crippen LogP contribution in [-0.4, -0.2) is 149 Å². The highest BCUT2D eigenvalue weighted by molar-refractivity contribution is 7.13. The highest BCUT2D eigenvalue weighted by atomic mass is 32.1. The number of aromatic nitrogens is 3. The first-order valence-corrected chi connectivity index (χ1v) is 25.9. The van der Waals surface area contributed by atoms with Crippen LogP contribution in [0.3, 0.4) is 0 Å². The number of piperazine rings is 1. The van der Waals surface area contributed by atoms with Crippen molar-refractivity contribution in [3.8, 4) is 16.2 Å². The second-order valence-electron chi connectivity index (χ2n) is 20.4. The van der Waals surface area contributed by atoms with Gasteiger partial charge in [-0.3, -0.25) is 24.1 Å². The first-order chi connectivity index (χ1) is 35.2. The van der Waals surface area contributed by atoms with Crippen molar-refractivity contribution >= 4 is 57.2 Å². The third-order valence-corrected chi connectivity index (χ3v) is 15.1. The predicted molar refractivity (Wildman–Crippen MR) is 275 cm³/mol. The molecule has 5 N–H and O–H groups in total. The number of alkyl halides is 3. The van der Waals surface area contributed by atoms with E-state index in [4.69, 9.17) is 10.5 Å². The molecule has 0 spiro atoms. The number of carbonyl (C=O) groups is 4. The van der Waals surface area contributed by atoms with Gasteiger partial charge in [0.1, 0.15) is 24.2 Å². The summed E-state index contributed by atoms with van der Waals surface area (Å²) in [5.41, 5.74) is 12.8. The third kappa shape index (κ3) is 13.1. The normalized spacial score (nSPS) is 18.9. The van der Waals surface area contributed by atoms with Gasteiger partial charge in [-0.2, -0.15) is 0 Å². The zero-order valence-corrected chi connectivity index (χ0v) is 43.2. The van der Waals surface area contributed by atoms with E-state index in [1.54, 1.807) is 22.6 Å². The van der Waals surface area contributed by atoms with Crippen LogP contribution in [0.1, 0.15) is 92.6 Å². The molecule has 396 valence electrons. The number of nitrogens with two attached hydrogens (primary N) is 1. The van der Waals surface area contributed by atoms with Crippen molar-refractivity contribution in [2.45, 2.75) is 96.8 Å². The maximum Gasteiger partial charge on any atom is 0.573 e. The molecule has 3 aliphatic rings. The zero-order valence-electron chi connectivity index (χ0n) is 42.4. The molecule has 0 radical (unpaired) electrons. The van der Waals surface area contributed by atoms with E-state index in [2.05, 4.69) is 58.3 Å². The number of halogens is 3. The largest absolute Gasteiger partial charge is 0.573 e. The van der Waals surface area contributed by atoms with Crippen LogP contribution in [0.2, 0.25) is 0 Å². The molecule has 0 bridgehead atoms. The molecule has 5 heterocycles. The molecule has 4 atom stereocenters. The summed E-state index contributed by atoms with van der Waals surface area (Å²) >= 11 is 1.57. The monoisotopic (exact) mass is 1040 g/mol. The number of thiazole rings is 1. The Hall–Kier alpha value is -6.42. The van der Waals surface area contributed by atoms with Gasteiger partial charge in [0, 0.05) is 93.9 Å². The molecule has 4 amide bonds. The maximum atomic E-state index is 14.2. The Bertz CT molecular complexity index is 2790. The first kappa shape index (κ1) is 53.9. The number of β-amino-alcohol motifs (C(OH)–C–C–N with tert-alkyl or cyclic N) is 1. The second kappa shape index (κ2) is 23.0. The lowest BCUT2D eigenvalue weighted by Gasteiger charge is -2.36. The summed E-state index contributed by atoms with van der Waals surface area (Å²) in [6.45, 7) is 14.7. The van der Waals surface area contributed by atoms with E-state index < -0.39 is 41.6 Å². The van der Waals surface area contributed by atoms with Gasteiger partial charge >= 0.3 is 6.36 Å². The zero-order chi connectivity index (χ0) is 52.9. The molecule has 3 aromatic carbocycles. The molecule has 21 heteroatoms. The van der Waals surface area contributed by atoms with E-state index in [0.717, 1.165) is 82.3 Å². The number of aliphatic hydroxyl groups is 1. The number of anilines is 2. The van der Waals surface area contributed by atoms with Gasteiger partial charge < -0.3 is 45.6 Å². The number of aryl methyl sites for hydroxylation is 1. The number of nitrogen functional groups attached to an aromatic ring is 1. The lowest BCUT2D eigenvalue weighted by Crippen LogP contribution is -2.58. The van der Waals surface area contributed by atoms with E-state index in [1.165, 1.54) is 11.0 Å². The number of aliphatic hydroxyl groups excluding tert-OH is 1. The SMILES string of the molecule is Cc1ncsc1-c1ccc([C@H](C)NC(=O)[C@@H]2C[C@@H](O)CN2C(=O)[C@@H](NC(=O)CCOCCN2CCN(c3ccc4c(C5CCN(C(=O)c6ccc(OC(F)(F)F)cc6N)CC5)ncnc4c3)CC2)C(C)(C)C)cc1. The van der Waals surface area contributed by atoms with Gasteiger partial charge in [0.2, 0.25) is 17.7 Å². The number of ether oxygens (including phenoxy) is 2. The van der Waals surface area contributed by atoms with Crippen molar-refractivity contribution in [2.75, 3.05) is 76.2 Å². The molecule has 74 heavy (non-hydrogen) atoms. The molecule has 5 aromatic rings. The van der Waals surface area contributed by atoms with Crippen LogP contribution in [-0.2, 0) is 19.1 Å². The summed E-state index contributed by atoms with van der Waals surface area (Å²) in [7, 11) is 0. The minimum absolute atomic E-state index is 0.0158. The van der Waals surface area contributed by atoms with Gasteiger partial charge in [-0.25, -0.2) is 15.0 Å². The average molecular weight is 1040 g/mol. The van der Waals surface area contributed by atoms with Gasteiger partial charge in [-0.1, -0.05) is 45.0 Å². The lowest BCUT2D eigenvalue weighted by molar-refractivity contribution is -0.274. The Kier molecular flexibility index (Phi) is 16.7. The molecular weight excluding hydrogens is 978 g/mol. The van der Waals surface area contributed by atoms with E-state index in [0.29, 0.717) is 39.1 Å². The van der Waals surface area contributed by atoms with Crippen molar-refractivity contribution in [1.29, 1.82) is 0 Å². The fourth-order valence-electron chi connectivity index (χ4n) is 9.99. The van der Waals surface area contributed by atoms with E-state index >= 15 is 0 Å². The summed E-state index contributed by atoms with van der Waals surface area (Å²) in [5.74, 6) is -1.89. The Morgan fingerprint density at radius 2 is 1.64 bits per heavy atom. The van der Waals surface area contributed by atoms with Gasteiger partial charge in [0.05, 0.1) is 58.2 Å². The van der Waals surface area contributed by atoms with Gasteiger partial charge in [-0.05, 0) is 73.6 Å². The predicted octanol–water partition coefficient (Wildman–Crippen LogP) is 6.46. The standard InChI is InChI=1S/C53H65F3N10O7S/c1-32(34-6-8-36(9-7-34)47-33(2)60-31-74-47)61-49(69)44-27-38(67)29-66(44)51(71)48(52(3,4)5)62-45(68)16-24-72-25-23-63-19-21-64(22-20-63)37-10-12-41-43(26-37)58-30-59-46(41)35-14-17-65(18-15-35)50(70)40-13-11-39(28-42(40)57)73-53(54,55)56/h6-13,26,28,30-32,35,38,44,48,67H,14-25,27,29,57H2,1-5H3,(H,61,69)(H,62,68)/t32-,38+,44-,48+/m0/s1. The summed E-state index contributed by atoms with van der Waals surface area (Å²) in [4.78, 5) is 76.8. The van der Waals surface area contributed by atoms with E-state index in [-0.39, 0.29) is 66.9 Å². The quantitative estimate of drug-likeness (QED) is 0.0619. The van der Waals surface area contributed by atoms with Crippen LogP contribution >= 0.6 is 11.3 Å². The van der Waals surface area contributed by atoms with Crippen LogP contribution in [0.15, 0.2) is 72.5 Å². The van der Waals surface area contributed by atoms with Crippen molar-refractivity contribution in [1.82, 2.24) is 40.3 Å². The molecule has 2 aromatic heterocycles. The van der Waals surface area contributed by atoms with Crippen molar-refractivity contribution < 1.29 is 46.9 Å². The summed E-state index contributed by atoms with van der Waals surface area (Å²) in [5, 5.41) is 17.6. The topological polar surface area (TPSA) is 209 Å². The number of fused-ring (bicyclic) bond motifs is 1. The number of nitrogens with zero attached hydrogens (tertiary/aromatic N) is 7. The number of hydrogen-bond acceptors (Lipinski definition) is 14. The van der Waals surface area contributed by atoms with E-state index in [9.17, 15) is 37.5 Å². The molecule has 8 rings (SSSR count). The van der Waals surface area contributed by atoms with Crippen LogP contribution < -0.4 is 26.0 Å². The molecule has 3 saturated heterocycles. The molecule has 3 fully saturated rings. The van der Waals surface area contributed by atoms with Crippen molar-refractivity contribution in [2.24, 2.45) is 5.41 Å². The Morgan fingerprint density at radius 3 is 2.30 bits per heavy atom. The van der Waals surface area contributed by atoms with Crippen LogP contribution in [0.5, 0.6) is 5.75 Å². The number of hydrogen-bond donors (Lipinski definition) is 4. The highest BCUT2D eigenvalue weighted by Gasteiger charge is 2.45. The fourth-order valence-corrected chi connectivity index (χ4v) is 10.8. The van der Waals surface area contributed by atoms with Crippen molar-refractivity contribution in [3.63, 3.8) is 0 Å². The van der Waals surface area contributed by atoms with Gasteiger partial charge in [-0.15, -0.1) is 24.5 Å². The molecule has 0 unspecified atom stereocenters. The second-order valence-corrected chi connectivity index (χ2v) is 21.3. The van der Waals surface area contributed by atoms with Gasteiger partial charge in [0.25, 0.3) is 5.91 Å². The summed E-state index contributed by atoms with van der Waals surface area (Å²) in [6, 6.07) is 15.3. The number of benzene rings is 3. The van der Waals surface area contributed by atoms with E-state index in [1.807, 2.05) is 64.4 Å². The van der Waals surface area contributed by atoms with Crippen LogP contribution in [0.4, 0.5) is 24.5 Å². The Labute approximate surface area is 432 Å². The molecule has 3 aliphatic heterocycles. The van der Waals surface area contributed by atoms with Gasteiger partial charge in [0.15, 0.2) is 0 Å². The summed E-state index contributed by atoms with van der Waals surface area (Å²) in [6.07, 6.45) is -2.74. The number of rotatable bonds is 16. The number of nitrogens with one attached hydrogen (secondary N) is 2. The average Bonchev–Trinajstić information content (AvgIpc) is 3.99. The Morgan fingerprint density at radius 1 is 0.905 bits per heavy atom. The minimum atomic E-state index is -4.87. The third-order valence-electron chi connectivity index (χ3n) is 14.1. The smallest absolute Gasteiger partial charge is 0.406 e. The molecule has 0 aliphatic carbocycles. The lowest BCUT2D eigenvalue weighted by atomic mass is 9.85. The number of amides is 4. The summed E-state index contributed by atoms with van der Waals surface area (Å²) < 4.78 is 47.8. The number of carbonyl (C=O) groups excluding carboxylic acids is 4. The molecule has 17 nitrogen and oxygen atoms in total. The molecular formula is C53H65F3N10O7S.